The molecule has 5 heteroatoms. The Morgan fingerprint density at radius 3 is 2.42 bits per heavy atom. The molecule has 1 unspecified atom stereocenters. The lowest BCUT2D eigenvalue weighted by Crippen LogP contribution is -2.38. The molecule has 2 aliphatic rings. The van der Waals surface area contributed by atoms with Crippen LogP contribution in [-0.2, 0) is 9.59 Å². The molecule has 2 amide bonds. The van der Waals surface area contributed by atoms with Crippen molar-refractivity contribution in [3.05, 3.63) is 29.3 Å². The highest BCUT2D eigenvalue weighted by Crippen LogP contribution is 2.38. The van der Waals surface area contributed by atoms with Crippen LogP contribution in [-0.4, -0.2) is 23.9 Å². The predicted molar refractivity (Wildman–Crippen MR) is 70.1 cm³/mol. The molecule has 0 aliphatic carbocycles. The Hall–Kier alpha value is -2.04. The van der Waals surface area contributed by atoms with Gasteiger partial charge in [-0.05, 0) is 37.1 Å². The van der Waals surface area contributed by atoms with Crippen molar-refractivity contribution in [2.45, 2.75) is 32.2 Å². The summed E-state index contributed by atoms with van der Waals surface area (Å²) in [6.07, 6.45) is 0.682. The zero-order valence-electron chi connectivity index (χ0n) is 11.0. The van der Waals surface area contributed by atoms with Gasteiger partial charge in [-0.2, -0.15) is 10.2 Å². The van der Waals surface area contributed by atoms with E-state index in [1.165, 1.54) is 4.90 Å². The third-order valence-electron chi connectivity index (χ3n) is 3.65. The van der Waals surface area contributed by atoms with E-state index in [9.17, 15) is 9.59 Å². The minimum atomic E-state index is -0.922. The van der Waals surface area contributed by atoms with E-state index in [1.54, 1.807) is 0 Å². The molecule has 0 saturated carbocycles. The summed E-state index contributed by atoms with van der Waals surface area (Å²) in [5.41, 5.74) is 1.79. The number of benzene rings is 1. The van der Waals surface area contributed by atoms with Crippen LogP contribution in [0.25, 0.3) is 0 Å². The number of amides is 2. The summed E-state index contributed by atoms with van der Waals surface area (Å²) in [5, 5.41) is 7.92. The zero-order valence-corrected chi connectivity index (χ0v) is 11.0. The van der Waals surface area contributed by atoms with E-state index in [2.05, 4.69) is 10.2 Å². The Bertz CT molecular complexity index is 588. The van der Waals surface area contributed by atoms with Crippen molar-refractivity contribution in [1.82, 2.24) is 0 Å². The van der Waals surface area contributed by atoms with Crippen LogP contribution in [0.4, 0.5) is 5.69 Å². The van der Waals surface area contributed by atoms with E-state index in [0.717, 1.165) is 11.1 Å². The van der Waals surface area contributed by atoms with Gasteiger partial charge in [0.15, 0.2) is 5.54 Å². The van der Waals surface area contributed by atoms with E-state index in [1.807, 2.05) is 32.0 Å². The number of imide groups is 1. The summed E-state index contributed by atoms with van der Waals surface area (Å²) < 4.78 is 0. The van der Waals surface area contributed by atoms with Crippen LogP contribution in [0.15, 0.2) is 28.4 Å². The predicted octanol–water partition coefficient (Wildman–Crippen LogP) is 2.16. The molecule has 0 bridgehead atoms. The van der Waals surface area contributed by atoms with E-state index in [0.29, 0.717) is 18.7 Å². The van der Waals surface area contributed by atoms with Crippen molar-refractivity contribution in [2.24, 2.45) is 10.2 Å². The lowest BCUT2D eigenvalue weighted by atomic mass is 9.96. The number of carbonyl (C=O) groups is 2. The number of anilines is 1. The van der Waals surface area contributed by atoms with Gasteiger partial charge in [0.2, 0.25) is 5.91 Å². The molecule has 1 saturated heterocycles. The second-order valence-electron chi connectivity index (χ2n) is 5.30. The van der Waals surface area contributed by atoms with Gasteiger partial charge in [-0.3, -0.25) is 9.59 Å². The van der Waals surface area contributed by atoms with Crippen LogP contribution in [0.1, 0.15) is 24.0 Å². The number of azo groups is 1. The molecule has 19 heavy (non-hydrogen) atoms. The van der Waals surface area contributed by atoms with Crippen LogP contribution in [0.2, 0.25) is 0 Å². The minimum Gasteiger partial charge on any atom is -0.274 e. The van der Waals surface area contributed by atoms with Gasteiger partial charge in [-0.15, -0.1) is 0 Å². The molecule has 0 radical (unpaired) electrons. The molecule has 1 atom stereocenters. The Morgan fingerprint density at radius 2 is 1.84 bits per heavy atom. The maximum Gasteiger partial charge on any atom is 0.264 e. The highest BCUT2D eigenvalue weighted by atomic mass is 16.2. The van der Waals surface area contributed by atoms with Crippen LogP contribution >= 0.6 is 0 Å². The minimum absolute atomic E-state index is 0.141. The van der Waals surface area contributed by atoms with Gasteiger partial charge in [0, 0.05) is 6.42 Å². The van der Waals surface area contributed by atoms with Gasteiger partial charge in [-0.25, -0.2) is 4.90 Å². The fourth-order valence-corrected chi connectivity index (χ4v) is 2.81. The quantitative estimate of drug-likeness (QED) is 0.724. The Morgan fingerprint density at radius 1 is 1.16 bits per heavy atom. The molecule has 2 heterocycles. The highest BCUT2D eigenvalue weighted by molar-refractivity contribution is 6.24. The van der Waals surface area contributed by atoms with Gasteiger partial charge in [0.05, 0.1) is 18.7 Å². The molecule has 5 nitrogen and oxygen atoms in total. The average molecular weight is 257 g/mol. The van der Waals surface area contributed by atoms with Crippen molar-refractivity contribution in [2.75, 3.05) is 11.4 Å². The van der Waals surface area contributed by atoms with Crippen LogP contribution in [0.3, 0.4) is 0 Å². The Labute approximate surface area is 111 Å². The maximum atomic E-state index is 12.5. The summed E-state index contributed by atoms with van der Waals surface area (Å²) in [6, 6.07) is 5.72. The first-order valence-electron chi connectivity index (χ1n) is 6.36. The number of aryl methyl sites for hydroxylation is 2. The van der Waals surface area contributed by atoms with Crippen LogP contribution < -0.4 is 4.90 Å². The summed E-state index contributed by atoms with van der Waals surface area (Å²) in [5.74, 6) is -0.417. The van der Waals surface area contributed by atoms with Crippen molar-refractivity contribution >= 4 is 17.5 Å². The van der Waals surface area contributed by atoms with Gasteiger partial charge < -0.3 is 0 Å². The summed E-state index contributed by atoms with van der Waals surface area (Å²) >= 11 is 0. The first-order chi connectivity index (χ1) is 9.02. The third-order valence-corrected chi connectivity index (χ3v) is 3.65. The largest absolute Gasteiger partial charge is 0.274 e. The number of hydrogen-bond acceptors (Lipinski definition) is 4. The van der Waals surface area contributed by atoms with Gasteiger partial charge in [0.25, 0.3) is 5.91 Å². The van der Waals surface area contributed by atoms with E-state index in [-0.39, 0.29) is 18.2 Å². The molecule has 0 aromatic heterocycles. The third kappa shape index (κ3) is 1.77. The first-order valence-corrected chi connectivity index (χ1v) is 6.36. The van der Waals surface area contributed by atoms with Gasteiger partial charge >= 0.3 is 0 Å². The van der Waals surface area contributed by atoms with Crippen LogP contribution in [0.5, 0.6) is 0 Å². The zero-order chi connectivity index (χ0) is 13.6. The number of rotatable bonds is 1. The number of carbonyl (C=O) groups excluding carboxylic acids is 2. The summed E-state index contributed by atoms with van der Waals surface area (Å²) in [6.45, 7) is 4.43. The van der Waals surface area contributed by atoms with E-state index < -0.39 is 5.54 Å². The molecular weight excluding hydrogens is 242 g/mol. The molecule has 2 aliphatic heterocycles. The fourth-order valence-electron chi connectivity index (χ4n) is 2.81. The van der Waals surface area contributed by atoms with E-state index in [4.69, 9.17) is 0 Å². The topological polar surface area (TPSA) is 62.1 Å². The van der Waals surface area contributed by atoms with Gasteiger partial charge in [-0.1, -0.05) is 6.07 Å². The lowest BCUT2D eigenvalue weighted by molar-refractivity contribution is -0.122. The van der Waals surface area contributed by atoms with Crippen LogP contribution in [0, 0.1) is 13.8 Å². The SMILES string of the molecule is Cc1cc(C)cc(N2C(=O)CC3(CCN=N3)C2=O)c1. The lowest BCUT2D eigenvalue weighted by Gasteiger charge is -2.18. The van der Waals surface area contributed by atoms with Crippen molar-refractivity contribution in [3.8, 4) is 0 Å². The molecule has 1 spiro atoms. The van der Waals surface area contributed by atoms with Crippen molar-refractivity contribution in [1.29, 1.82) is 0 Å². The maximum absolute atomic E-state index is 12.5. The second kappa shape index (κ2) is 3.98. The molecule has 0 N–H and O–H groups in total. The van der Waals surface area contributed by atoms with Crippen molar-refractivity contribution in [3.63, 3.8) is 0 Å². The summed E-state index contributed by atoms with van der Waals surface area (Å²) in [4.78, 5) is 26.0. The first kappa shape index (κ1) is 12.0. The standard InChI is InChI=1S/C14H15N3O2/c1-9-5-10(2)7-11(6-9)17-12(18)8-14(13(17)19)3-4-15-16-14/h5-7H,3-4,8H2,1-2H3. The molecule has 98 valence electrons. The molecular formula is C14H15N3O2. The fraction of sp³-hybridized carbons (Fsp3) is 0.429. The highest BCUT2D eigenvalue weighted by Gasteiger charge is 2.54. The molecule has 1 fully saturated rings. The molecule has 3 rings (SSSR count). The number of nitrogens with zero attached hydrogens (tertiary/aromatic N) is 3. The van der Waals surface area contributed by atoms with Gasteiger partial charge in [0.1, 0.15) is 0 Å². The normalized spacial score (nSPS) is 25.9. The summed E-state index contributed by atoms with van der Waals surface area (Å²) in [7, 11) is 0. The Balaban J connectivity index is 2.03. The second-order valence-corrected chi connectivity index (χ2v) is 5.30. The monoisotopic (exact) mass is 257 g/mol. The Kier molecular flexibility index (Phi) is 2.52. The van der Waals surface area contributed by atoms with Crippen molar-refractivity contribution < 1.29 is 9.59 Å². The number of hydrogen-bond donors (Lipinski definition) is 0. The van der Waals surface area contributed by atoms with E-state index >= 15 is 0 Å². The molecule has 1 aromatic rings. The average Bonchev–Trinajstić information content (AvgIpc) is 2.85. The molecule has 1 aromatic carbocycles. The smallest absolute Gasteiger partial charge is 0.264 e.